The molecule has 1 atom stereocenters. The van der Waals surface area contributed by atoms with Gasteiger partial charge >= 0.3 is 0 Å². The van der Waals surface area contributed by atoms with Crippen LogP contribution in [0.3, 0.4) is 0 Å². The standard InChI is InChI=1S/C8H14N2O/c1-3-8(10-4-2)5-7(9)6-11/h3-4,6-7H,5,9H2,1-2H3/b8-3-,10-4?. The smallest absolute Gasteiger partial charge is 0.137 e. The third-order valence-corrected chi connectivity index (χ3v) is 1.25. The minimum atomic E-state index is -0.426. The van der Waals surface area contributed by atoms with Crippen LogP contribution in [0, 0.1) is 0 Å². The predicted octanol–water partition coefficient (Wildman–Crippen LogP) is 0.897. The van der Waals surface area contributed by atoms with Crippen LogP contribution in [0.2, 0.25) is 0 Å². The van der Waals surface area contributed by atoms with Crippen molar-refractivity contribution in [3.05, 3.63) is 11.8 Å². The zero-order valence-corrected chi connectivity index (χ0v) is 6.95. The minimum Gasteiger partial charge on any atom is -0.321 e. The first kappa shape index (κ1) is 10.0. The maximum absolute atomic E-state index is 10.2. The molecule has 3 nitrogen and oxygen atoms in total. The summed E-state index contributed by atoms with van der Waals surface area (Å²) in [4.78, 5) is 14.2. The first-order valence-corrected chi connectivity index (χ1v) is 3.59. The quantitative estimate of drug-likeness (QED) is 0.483. The van der Waals surface area contributed by atoms with E-state index in [9.17, 15) is 4.79 Å². The molecule has 3 heteroatoms. The van der Waals surface area contributed by atoms with E-state index >= 15 is 0 Å². The lowest BCUT2D eigenvalue weighted by molar-refractivity contribution is -0.108. The van der Waals surface area contributed by atoms with E-state index in [0.717, 1.165) is 12.0 Å². The largest absolute Gasteiger partial charge is 0.321 e. The SMILES string of the molecule is CC=N/C(=C\C)CC(N)C=O. The molecule has 62 valence electrons. The molecule has 0 spiro atoms. The summed E-state index contributed by atoms with van der Waals surface area (Å²) in [6, 6.07) is -0.426. The Morgan fingerprint density at radius 1 is 1.64 bits per heavy atom. The van der Waals surface area contributed by atoms with Crippen molar-refractivity contribution >= 4 is 12.5 Å². The Kier molecular flexibility index (Phi) is 5.29. The van der Waals surface area contributed by atoms with Crippen molar-refractivity contribution in [1.29, 1.82) is 0 Å². The Bertz CT molecular complexity index is 173. The average Bonchev–Trinajstić information content (AvgIpc) is 2.03. The molecule has 0 saturated carbocycles. The van der Waals surface area contributed by atoms with Crippen LogP contribution in [0.15, 0.2) is 16.8 Å². The van der Waals surface area contributed by atoms with Crippen molar-refractivity contribution in [3.63, 3.8) is 0 Å². The number of carbonyl (C=O) groups excluding carboxylic acids is 1. The van der Waals surface area contributed by atoms with Crippen LogP contribution in [0.1, 0.15) is 20.3 Å². The van der Waals surface area contributed by atoms with E-state index in [1.807, 2.05) is 19.9 Å². The van der Waals surface area contributed by atoms with Crippen LogP contribution >= 0.6 is 0 Å². The third-order valence-electron chi connectivity index (χ3n) is 1.25. The van der Waals surface area contributed by atoms with Crippen LogP contribution in [0.4, 0.5) is 0 Å². The molecule has 0 saturated heterocycles. The Balaban J connectivity index is 3.99. The summed E-state index contributed by atoms with van der Waals surface area (Å²) in [6.45, 7) is 3.70. The molecule has 2 N–H and O–H groups in total. The van der Waals surface area contributed by atoms with Crippen molar-refractivity contribution in [2.24, 2.45) is 10.7 Å². The van der Waals surface area contributed by atoms with Gasteiger partial charge in [-0.2, -0.15) is 0 Å². The summed E-state index contributed by atoms with van der Waals surface area (Å²) in [5.74, 6) is 0. The van der Waals surface area contributed by atoms with Gasteiger partial charge in [-0.05, 0) is 13.8 Å². The molecule has 0 fully saturated rings. The number of nitrogens with zero attached hydrogens (tertiary/aromatic N) is 1. The fourth-order valence-electron chi connectivity index (χ4n) is 0.701. The highest BCUT2D eigenvalue weighted by atomic mass is 16.1. The summed E-state index contributed by atoms with van der Waals surface area (Å²) in [7, 11) is 0. The molecule has 0 aromatic heterocycles. The van der Waals surface area contributed by atoms with Crippen molar-refractivity contribution in [2.45, 2.75) is 26.3 Å². The Hall–Kier alpha value is -0.960. The molecular weight excluding hydrogens is 140 g/mol. The highest BCUT2D eigenvalue weighted by Gasteiger charge is 2.01. The van der Waals surface area contributed by atoms with Crippen LogP contribution in [0.25, 0.3) is 0 Å². The van der Waals surface area contributed by atoms with E-state index in [1.54, 1.807) is 6.21 Å². The Labute approximate surface area is 67.0 Å². The topological polar surface area (TPSA) is 55.4 Å². The van der Waals surface area contributed by atoms with Crippen LogP contribution in [-0.2, 0) is 4.79 Å². The second-order valence-electron chi connectivity index (χ2n) is 2.17. The summed E-state index contributed by atoms with van der Waals surface area (Å²) in [5, 5.41) is 0. The van der Waals surface area contributed by atoms with E-state index in [-0.39, 0.29) is 0 Å². The van der Waals surface area contributed by atoms with E-state index in [4.69, 9.17) is 5.73 Å². The van der Waals surface area contributed by atoms with Crippen molar-refractivity contribution in [1.82, 2.24) is 0 Å². The summed E-state index contributed by atoms with van der Waals surface area (Å²) in [6.07, 6.45) is 4.79. The number of aldehydes is 1. The lowest BCUT2D eigenvalue weighted by atomic mass is 10.2. The van der Waals surface area contributed by atoms with Crippen LogP contribution in [-0.4, -0.2) is 18.5 Å². The van der Waals surface area contributed by atoms with Crippen molar-refractivity contribution in [2.75, 3.05) is 0 Å². The lowest BCUT2D eigenvalue weighted by Gasteiger charge is -2.02. The minimum absolute atomic E-state index is 0.426. The molecule has 0 aromatic rings. The van der Waals surface area contributed by atoms with Gasteiger partial charge in [-0.15, -0.1) is 0 Å². The molecule has 0 aliphatic rings. The zero-order valence-electron chi connectivity index (χ0n) is 6.95. The van der Waals surface area contributed by atoms with Crippen molar-refractivity contribution < 1.29 is 4.79 Å². The van der Waals surface area contributed by atoms with Crippen LogP contribution < -0.4 is 5.73 Å². The van der Waals surface area contributed by atoms with E-state index < -0.39 is 6.04 Å². The Morgan fingerprint density at radius 3 is 2.64 bits per heavy atom. The first-order valence-electron chi connectivity index (χ1n) is 3.59. The first-order chi connectivity index (χ1) is 5.24. The fourth-order valence-corrected chi connectivity index (χ4v) is 0.701. The molecule has 11 heavy (non-hydrogen) atoms. The number of hydrogen-bond acceptors (Lipinski definition) is 3. The lowest BCUT2D eigenvalue weighted by Crippen LogP contribution is -2.21. The van der Waals surface area contributed by atoms with Gasteiger partial charge in [0.15, 0.2) is 0 Å². The number of allylic oxidation sites excluding steroid dienone is 1. The molecular formula is C8H14N2O. The molecule has 1 unspecified atom stereocenters. The van der Waals surface area contributed by atoms with Gasteiger partial charge < -0.3 is 10.5 Å². The summed E-state index contributed by atoms with van der Waals surface area (Å²) in [5.41, 5.74) is 6.25. The highest BCUT2D eigenvalue weighted by Crippen LogP contribution is 2.03. The Morgan fingerprint density at radius 2 is 2.27 bits per heavy atom. The maximum atomic E-state index is 10.2. The molecule has 0 aliphatic heterocycles. The van der Waals surface area contributed by atoms with E-state index in [0.29, 0.717) is 6.42 Å². The number of rotatable bonds is 4. The number of nitrogens with two attached hydrogens (primary N) is 1. The molecule has 0 rings (SSSR count). The van der Waals surface area contributed by atoms with Gasteiger partial charge in [-0.1, -0.05) is 6.08 Å². The molecule has 0 aromatic carbocycles. The van der Waals surface area contributed by atoms with Gasteiger partial charge in [0.2, 0.25) is 0 Å². The monoisotopic (exact) mass is 154 g/mol. The zero-order chi connectivity index (χ0) is 8.69. The fraction of sp³-hybridized carbons (Fsp3) is 0.500. The maximum Gasteiger partial charge on any atom is 0.137 e. The molecule has 0 heterocycles. The average molecular weight is 154 g/mol. The van der Waals surface area contributed by atoms with Gasteiger partial charge in [-0.3, -0.25) is 4.99 Å². The normalized spacial score (nSPS) is 15.4. The summed E-state index contributed by atoms with van der Waals surface area (Å²) >= 11 is 0. The molecule has 0 amide bonds. The molecule has 0 bridgehead atoms. The molecule has 0 radical (unpaired) electrons. The number of carbonyl (C=O) groups is 1. The predicted molar refractivity (Wildman–Crippen MR) is 46.6 cm³/mol. The second kappa shape index (κ2) is 5.80. The van der Waals surface area contributed by atoms with Gasteiger partial charge in [0.1, 0.15) is 6.29 Å². The highest BCUT2D eigenvalue weighted by molar-refractivity contribution is 5.59. The number of aliphatic imine (C=N–C) groups is 1. The van der Waals surface area contributed by atoms with E-state index in [2.05, 4.69) is 4.99 Å². The number of hydrogen-bond donors (Lipinski definition) is 1. The van der Waals surface area contributed by atoms with Gasteiger partial charge in [0.25, 0.3) is 0 Å². The van der Waals surface area contributed by atoms with Gasteiger partial charge in [0, 0.05) is 18.3 Å². The van der Waals surface area contributed by atoms with Gasteiger partial charge in [0.05, 0.1) is 6.04 Å². The van der Waals surface area contributed by atoms with Crippen LogP contribution in [0.5, 0.6) is 0 Å². The summed E-state index contributed by atoms with van der Waals surface area (Å²) < 4.78 is 0. The second-order valence-corrected chi connectivity index (χ2v) is 2.17. The van der Waals surface area contributed by atoms with Gasteiger partial charge in [-0.25, -0.2) is 0 Å². The molecule has 0 aliphatic carbocycles. The van der Waals surface area contributed by atoms with Crippen molar-refractivity contribution in [3.8, 4) is 0 Å². The van der Waals surface area contributed by atoms with E-state index in [1.165, 1.54) is 0 Å². The third kappa shape index (κ3) is 4.44.